The highest BCUT2D eigenvalue weighted by atomic mass is 16.3. The maximum Gasteiger partial charge on any atom is 0.159 e. The van der Waals surface area contributed by atoms with Gasteiger partial charge in [0.15, 0.2) is 11.2 Å². The number of aromatic nitrogens is 1. The van der Waals surface area contributed by atoms with Gasteiger partial charge in [-0.25, -0.2) is 0 Å². The van der Waals surface area contributed by atoms with Crippen molar-refractivity contribution in [2.24, 2.45) is 0 Å². The van der Waals surface area contributed by atoms with E-state index in [2.05, 4.69) is 99.9 Å². The topological polar surface area (TPSA) is 24.6 Å². The predicted octanol–water partition coefficient (Wildman–Crippen LogP) is 22.7. The van der Waals surface area contributed by atoms with Crippen molar-refractivity contribution in [3.05, 3.63) is 294 Å². The summed E-state index contributed by atoms with van der Waals surface area (Å²) in [4.78, 5) is 4.37. The van der Waals surface area contributed by atoms with E-state index in [1.54, 1.807) is 18.2 Å². The molecule has 2 aromatic heterocycles. The molecule has 0 N–H and O–H groups in total. The van der Waals surface area contributed by atoms with E-state index in [0.29, 0.717) is 55.8 Å². The zero-order valence-electron chi connectivity index (χ0n) is 65.3. The van der Waals surface area contributed by atoms with Gasteiger partial charge in [-0.1, -0.05) is 241 Å². The average molecular weight is 1110 g/mol. The molecule has 16 rings (SSSR count). The highest BCUT2D eigenvalue weighted by molar-refractivity contribution is 6.16. The van der Waals surface area contributed by atoms with Gasteiger partial charge in [-0.05, 0) is 133 Å². The summed E-state index contributed by atoms with van der Waals surface area (Å²) in [7, 11) is 0. The van der Waals surface area contributed by atoms with Gasteiger partial charge >= 0.3 is 0 Å². The number of para-hydroxylation sites is 4. The highest BCUT2D eigenvalue weighted by Crippen LogP contribution is 2.64. The Morgan fingerprint density at radius 3 is 1.42 bits per heavy atom. The molecule has 4 heterocycles. The van der Waals surface area contributed by atoms with Crippen LogP contribution in [0.5, 0.6) is 0 Å². The number of furan rings is 1. The van der Waals surface area contributed by atoms with Crippen LogP contribution in [-0.2, 0) is 10.8 Å². The fraction of sp³-hybridized carbons (Fsp3) is 0.111. The minimum atomic E-state index is -0.777. The van der Waals surface area contributed by atoms with Crippen molar-refractivity contribution in [1.82, 2.24) is 4.57 Å². The van der Waals surface area contributed by atoms with E-state index in [1.165, 1.54) is 4.57 Å². The van der Waals surface area contributed by atoms with E-state index in [1.807, 2.05) is 91.0 Å². The lowest BCUT2D eigenvalue weighted by molar-refractivity contribution is 0.589. The molecule has 1 unspecified atom stereocenters. The highest BCUT2D eigenvalue weighted by Gasteiger charge is 2.44. The number of fused-ring (bicyclic) bond motifs is 10. The second kappa shape index (κ2) is 19.2. The molecule has 0 bridgehead atoms. The molecule has 0 radical (unpaired) electrons. The summed E-state index contributed by atoms with van der Waals surface area (Å²) in [6.07, 6.45) is 0. The summed E-state index contributed by atoms with van der Waals surface area (Å²) in [5, 5.41) is 0.889. The summed E-state index contributed by atoms with van der Waals surface area (Å²) >= 11 is 0. The molecule has 85 heavy (non-hydrogen) atoms. The van der Waals surface area contributed by atoms with Crippen molar-refractivity contribution in [2.75, 3.05) is 9.80 Å². The van der Waals surface area contributed by atoms with Crippen molar-refractivity contribution in [3.8, 4) is 50.2 Å². The lowest BCUT2D eigenvalue weighted by Gasteiger charge is -2.47. The van der Waals surface area contributed by atoms with E-state index in [0.717, 1.165) is 50.3 Å². The van der Waals surface area contributed by atoms with Gasteiger partial charge in [0.1, 0.15) is 0 Å². The average Bonchev–Trinajstić information content (AvgIpc) is 1.32. The van der Waals surface area contributed by atoms with Crippen molar-refractivity contribution in [2.45, 2.75) is 58.3 Å². The monoisotopic (exact) mass is 1110 g/mol. The van der Waals surface area contributed by atoms with Gasteiger partial charge < -0.3 is 18.8 Å². The van der Waals surface area contributed by atoms with Gasteiger partial charge in [0.05, 0.1) is 75.5 Å². The number of rotatable bonds is 7. The molecular weight excluding hydrogens is 1030 g/mol. The van der Waals surface area contributed by atoms with Crippen molar-refractivity contribution < 1.29 is 29.1 Å². The van der Waals surface area contributed by atoms with Crippen molar-refractivity contribution in [3.63, 3.8) is 0 Å². The fourth-order valence-corrected chi connectivity index (χ4v) is 12.8. The Morgan fingerprint density at radius 2 is 0.847 bits per heavy atom. The molecular formula is C81H63N3O. The smallest absolute Gasteiger partial charge is 0.159 e. The van der Waals surface area contributed by atoms with Crippen LogP contribution in [0.2, 0.25) is 0 Å². The van der Waals surface area contributed by atoms with Gasteiger partial charge in [-0.15, -0.1) is 0 Å². The lowest BCUT2D eigenvalue weighted by Crippen LogP contribution is -2.31. The van der Waals surface area contributed by atoms with Crippen LogP contribution in [0.1, 0.15) is 100.0 Å². The van der Waals surface area contributed by atoms with Gasteiger partial charge in [-0.3, -0.25) is 0 Å². The first kappa shape index (κ1) is 35.1. The predicted molar refractivity (Wildman–Crippen MR) is 358 cm³/mol. The molecule has 0 saturated carbocycles. The molecule has 408 valence electrons. The van der Waals surface area contributed by atoms with E-state index in [-0.39, 0.29) is 55.2 Å². The van der Waals surface area contributed by atoms with Crippen LogP contribution >= 0.6 is 0 Å². The number of benzene rings is 12. The first-order valence-corrected chi connectivity index (χ1v) is 28.4. The quantitative estimate of drug-likeness (QED) is 0.159. The van der Waals surface area contributed by atoms with Crippen molar-refractivity contribution >= 4 is 77.9 Å². The van der Waals surface area contributed by atoms with Gasteiger partial charge in [-0.2, -0.15) is 0 Å². The SMILES string of the molecule is [2H]c1c([2H])c([2H])c(-c2ccc3c(c2)C2c4ccc(-c5c([2H])c([2H])c([2H])c([2H])c5[2H])cc4N(c4cccc5c4oc4c(-n6c7c([2H])c([2H])c([2H])c([2H])c7c7c([2H])c([2H])c([2H])c([2H])c76)cccc45)c4cc(C(C)(C)C)cc(c42)N3c2c(-c3ccccc3)cc(C(C)(C)C)cc2-c2ccccc2)c([2H])c1[2H]. The van der Waals surface area contributed by atoms with E-state index in [9.17, 15) is 11.0 Å². The Hall–Kier alpha value is -10.2. The molecule has 0 amide bonds. The van der Waals surface area contributed by atoms with Crippen LogP contribution in [0.15, 0.2) is 271 Å². The molecule has 0 fully saturated rings. The molecule has 0 aliphatic carbocycles. The minimum Gasteiger partial charge on any atom is -0.452 e. The van der Waals surface area contributed by atoms with E-state index < -0.39 is 120 Å². The fourth-order valence-electron chi connectivity index (χ4n) is 12.8. The number of anilines is 6. The second-order valence-electron chi connectivity index (χ2n) is 23.9. The standard InChI is InChI=1S/C81H63N3O/c1-80(2,3)57-47-64(53-29-15-9-16-30-53)77(65(48-57)54-31-17-10-18-32-54)84-69-44-42-55(51-25-11-7-12-26-51)45-66(69)75-63-43-41-56(52-27-13-8-14-28-52)46-72(63)83(73-49-58(81(4,5)6)50-74(84)76(73)75)71-40-24-36-62-61-35-23-39-70(78(61)85-79(62)71)82-67-37-21-19-33-59(67)60-34-20-22-38-68(60)82/h7-50,75H,1-6H3/i7D,8D,11D,12D,13D,14D,19D,20D,21D,22D,25D,26D,27D,28D,33D,34D,37D,38D. The van der Waals surface area contributed by atoms with Crippen molar-refractivity contribution in [1.29, 1.82) is 0 Å². The summed E-state index contributed by atoms with van der Waals surface area (Å²) in [5.41, 5.74) is 11.6. The van der Waals surface area contributed by atoms with Crippen LogP contribution in [0.3, 0.4) is 0 Å². The molecule has 2 aliphatic heterocycles. The number of hydrogen-bond donors (Lipinski definition) is 0. The van der Waals surface area contributed by atoms with Gasteiger partial charge in [0, 0.05) is 44.2 Å². The van der Waals surface area contributed by atoms with Gasteiger partial charge in [0.25, 0.3) is 0 Å². The third-order valence-corrected chi connectivity index (χ3v) is 16.9. The Labute approximate surface area is 522 Å². The van der Waals surface area contributed by atoms with Gasteiger partial charge in [0.2, 0.25) is 0 Å². The molecule has 0 saturated heterocycles. The molecule has 14 aromatic rings. The Morgan fingerprint density at radius 1 is 0.353 bits per heavy atom. The first-order chi connectivity index (χ1) is 48.9. The summed E-state index contributed by atoms with van der Waals surface area (Å²) in [6.45, 7) is 12.9. The third kappa shape index (κ3) is 8.03. The second-order valence-corrected chi connectivity index (χ2v) is 23.9. The zero-order chi connectivity index (χ0) is 73.0. The largest absolute Gasteiger partial charge is 0.452 e. The maximum atomic E-state index is 9.47. The summed E-state index contributed by atoms with van der Waals surface area (Å²) in [5.74, 6) is -0.777. The number of nitrogens with zero attached hydrogens (tertiary/aromatic N) is 3. The van der Waals surface area contributed by atoms with Crippen LogP contribution in [0.4, 0.5) is 34.1 Å². The molecule has 12 aromatic carbocycles. The molecule has 4 heteroatoms. The first-order valence-electron chi connectivity index (χ1n) is 37.4. The molecule has 4 nitrogen and oxygen atoms in total. The summed E-state index contributed by atoms with van der Waals surface area (Å²) < 4.78 is 173. The normalized spacial score (nSPS) is 16.8. The molecule has 1 atom stereocenters. The van der Waals surface area contributed by atoms with Crippen LogP contribution < -0.4 is 9.80 Å². The molecule has 2 aliphatic rings. The van der Waals surface area contributed by atoms with E-state index >= 15 is 0 Å². The van der Waals surface area contributed by atoms with E-state index in [4.69, 9.17) is 18.1 Å². The summed E-state index contributed by atoms with van der Waals surface area (Å²) in [6, 6.07) is 42.3. The molecule has 0 spiro atoms. The zero-order valence-corrected chi connectivity index (χ0v) is 47.3. The minimum absolute atomic E-state index is 0.00863. The Kier molecular flexibility index (Phi) is 7.93. The van der Waals surface area contributed by atoms with Crippen LogP contribution in [0, 0.1) is 0 Å². The number of hydrogen-bond acceptors (Lipinski definition) is 3. The van der Waals surface area contributed by atoms with Crippen LogP contribution in [0.25, 0.3) is 93.9 Å². The maximum absolute atomic E-state index is 9.47. The Balaban J connectivity index is 1.08. The lowest BCUT2D eigenvalue weighted by atomic mass is 9.72. The van der Waals surface area contributed by atoms with Crippen LogP contribution in [-0.4, -0.2) is 4.57 Å². The third-order valence-electron chi connectivity index (χ3n) is 16.9. The Bertz CT molecular complexity index is 5900.